The first-order chi connectivity index (χ1) is 11.2. The van der Waals surface area contributed by atoms with E-state index in [9.17, 15) is 9.59 Å². The van der Waals surface area contributed by atoms with E-state index in [0.717, 1.165) is 36.8 Å². The van der Waals surface area contributed by atoms with E-state index in [1.807, 2.05) is 34.9 Å². The van der Waals surface area contributed by atoms with Crippen LogP contribution >= 0.6 is 11.8 Å². The number of hydrogen-bond acceptors (Lipinski definition) is 5. The van der Waals surface area contributed by atoms with Crippen molar-refractivity contribution >= 4 is 23.6 Å². The van der Waals surface area contributed by atoms with Gasteiger partial charge < -0.3 is 10.2 Å². The molecule has 3 rings (SSSR count). The number of aromatic nitrogens is 1. The van der Waals surface area contributed by atoms with Gasteiger partial charge in [0, 0.05) is 50.4 Å². The van der Waals surface area contributed by atoms with Crippen molar-refractivity contribution in [1.29, 1.82) is 0 Å². The summed E-state index contributed by atoms with van der Waals surface area (Å²) in [5.41, 5.74) is 0.925. The molecule has 3 heterocycles. The number of carbonyl (C=O) groups excluding carboxylic acids is 2. The molecule has 2 aliphatic heterocycles. The fraction of sp³-hybridized carbons (Fsp3) is 0.562. The van der Waals surface area contributed by atoms with E-state index in [1.54, 1.807) is 6.20 Å². The number of rotatable bonds is 4. The van der Waals surface area contributed by atoms with Gasteiger partial charge in [0.15, 0.2) is 0 Å². The predicted octanol–water partition coefficient (Wildman–Crippen LogP) is 0.347. The number of piperazine rings is 1. The Kier molecular flexibility index (Phi) is 5.51. The van der Waals surface area contributed by atoms with Crippen LogP contribution in [0.1, 0.15) is 12.1 Å². The Morgan fingerprint density at radius 1 is 1.30 bits per heavy atom. The Morgan fingerprint density at radius 2 is 2.13 bits per heavy atom. The highest BCUT2D eigenvalue weighted by molar-refractivity contribution is 7.99. The zero-order valence-electron chi connectivity index (χ0n) is 13.1. The highest BCUT2D eigenvalue weighted by atomic mass is 32.2. The maximum Gasteiger partial charge on any atom is 0.237 e. The summed E-state index contributed by atoms with van der Waals surface area (Å²) in [7, 11) is 0. The number of nitrogens with one attached hydrogen (secondary N) is 1. The quantitative estimate of drug-likeness (QED) is 0.861. The molecule has 124 valence electrons. The first-order valence-corrected chi connectivity index (χ1v) is 9.17. The second kappa shape index (κ2) is 7.79. The molecule has 0 spiro atoms. The van der Waals surface area contributed by atoms with E-state index in [4.69, 9.17) is 0 Å². The molecule has 0 saturated carbocycles. The predicted molar refractivity (Wildman–Crippen MR) is 90.0 cm³/mol. The standard InChI is InChI=1S/C16H22N4O2S/c21-15(19-7-9-23-10-8-19)11-14-16(22)18-5-6-20(14)12-13-3-1-2-4-17-13/h1-4,14H,5-12H2,(H,18,22)/t14-/m0/s1. The van der Waals surface area contributed by atoms with Crippen molar-refractivity contribution in [3.05, 3.63) is 30.1 Å². The minimum atomic E-state index is -0.396. The normalized spacial score (nSPS) is 22.7. The third-order valence-corrected chi connectivity index (χ3v) is 5.21. The van der Waals surface area contributed by atoms with Gasteiger partial charge in [-0.05, 0) is 12.1 Å². The molecule has 0 radical (unpaired) electrons. The van der Waals surface area contributed by atoms with Gasteiger partial charge in [-0.2, -0.15) is 11.8 Å². The van der Waals surface area contributed by atoms with Crippen molar-refractivity contribution in [2.75, 3.05) is 37.7 Å². The lowest BCUT2D eigenvalue weighted by atomic mass is 10.1. The Hall–Kier alpha value is -1.60. The maximum atomic E-state index is 12.5. The lowest BCUT2D eigenvalue weighted by Crippen LogP contribution is -2.56. The van der Waals surface area contributed by atoms with Crippen LogP contribution in [0.3, 0.4) is 0 Å². The first kappa shape index (κ1) is 16.3. The SMILES string of the molecule is O=C1NCCN(Cc2ccccn2)[C@H]1CC(=O)N1CCSCC1. The molecule has 0 bridgehead atoms. The van der Waals surface area contributed by atoms with Gasteiger partial charge >= 0.3 is 0 Å². The highest BCUT2D eigenvalue weighted by Gasteiger charge is 2.33. The Labute approximate surface area is 140 Å². The van der Waals surface area contributed by atoms with Crippen molar-refractivity contribution in [2.24, 2.45) is 0 Å². The number of pyridine rings is 1. The summed E-state index contributed by atoms with van der Waals surface area (Å²) in [5, 5.41) is 2.88. The number of carbonyl (C=O) groups is 2. The van der Waals surface area contributed by atoms with Crippen LogP contribution in [0.4, 0.5) is 0 Å². The van der Waals surface area contributed by atoms with Crippen LogP contribution in [0.2, 0.25) is 0 Å². The first-order valence-electron chi connectivity index (χ1n) is 8.01. The molecule has 1 atom stereocenters. The van der Waals surface area contributed by atoms with Gasteiger partial charge in [0.2, 0.25) is 11.8 Å². The zero-order chi connectivity index (χ0) is 16.1. The molecule has 0 aromatic carbocycles. The van der Waals surface area contributed by atoms with Crippen molar-refractivity contribution in [3.8, 4) is 0 Å². The van der Waals surface area contributed by atoms with Crippen LogP contribution < -0.4 is 5.32 Å². The number of thioether (sulfide) groups is 1. The zero-order valence-corrected chi connectivity index (χ0v) is 13.9. The minimum absolute atomic E-state index is 0.0492. The van der Waals surface area contributed by atoms with Crippen molar-refractivity contribution < 1.29 is 9.59 Å². The highest BCUT2D eigenvalue weighted by Crippen LogP contribution is 2.16. The molecule has 1 aromatic heterocycles. The van der Waals surface area contributed by atoms with E-state index in [0.29, 0.717) is 13.1 Å². The topological polar surface area (TPSA) is 65.5 Å². The van der Waals surface area contributed by atoms with Crippen molar-refractivity contribution in [1.82, 2.24) is 20.1 Å². The number of hydrogen-bond donors (Lipinski definition) is 1. The lowest BCUT2D eigenvalue weighted by Gasteiger charge is -2.36. The second-order valence-corrected chi connectivity index (χ2v) is 7.02. The molecule has 1 aromatic rings. The summed E-state index contributed by atoms with van der Waals surface area (Å²) in [5.74, 6) is 2.01. The van der Waals surface area contributed by atoms with Crippen LogP contribution in [0, 0.1) is 0 Å². The molecule has 0 unspecified atom stereocenters. The summed E-state index contributed by atoms with van der Waals surface area (Å²) in [6.07, 6.45) is 2.01. The van der Waals surface area contributed by atoms with E-state index < -0.39 is 6.04 Å². The summed E-state index contributed by atoms with van der Waals surface area (Å²) >= 11 is 1.87. The molecule has 2 fully saturated rings. The van der Waals surface area contributed by atoms with Gasteiger partial charge in [-0.1, -0.05) is 6.07 Å². The summed E-state index contributed by atoms with van der Waals surface area (Å²) in [6, 6.07) is 5.38. The summed E-state index contributed by atoms with van der Waals surface area (Å²) < 4.78 is 0. The Bertz CT molecular complexity index is 548. The summed E-state index contributed by atoms with van der Waals surface area (Å²) in [4.78, 5) is 33.1. The fourth-order valence-corrected chi connectivity index (χ4v) is 3.88. The Morgan fingerprint density at radius 3 is 2.87 bits per heavy atom. The fourth-order valence-electron chi connectivity index (χ4n) is 2.98. The van der Waals surface area contributed by atoms with Gasteiger partial charge in [-0.3, -0.25) is 19.5 Å². The molecule has 2 saturated heterocycles. The number of amides is 2. The van der Waals surface area contributed by atoms with E-state index >= 15 is 0 Å². The van der Waals surface area contributed by atoms with Gasteiger partial charge in [0.1, 0.15) is 0 Å². The third kappa shape index (κ3) is 4.23. The van der Waals surface area contributed by atoms with Crippen LogP contribution in [0.25, 0.3) is 0 Å². The van der Waals surface area contributed by atoms with Crippen molar-refractivity contribution in [3.63, 3.8) is 0 Å². The molecule has 2 amide bonds. The molecule has 0 aliphatic carbocycles. The largest absolute Gasteiger partial charge is 0.353 e. The van der Waals surface area contributed by atoms with Gasteiger partial charge in [-0.25, -0.2) is 0 Å². The Balaban J connectivity index is 1.65. The maximum absolute atomic E-state index is 12.5. The summed E-state index contributed by atoms with van der Waals surface area (Å²) in [6.45, 7) is 3.55. The average Bonchev–Trinajstić information content (AvgIpc) is 2.59. The monoisotopic (exact) mass is 334 g/mol. The van der Waals surface area contributed by atoms with Crippen molar-refractivity contribution in [2.45, 2.75) is 19.0 Å². The van der Waals surface area contributed by atoms with Crippen LogP contribution in [-0.2, 0) is 16.1 Å². The average molecular weight is 334 g/mol. The second-order valence-electron chi connectivity index (χ2n) is 5.80. The van der Waals surface area contributed by atoms with E-state index in [-0.39, 0.29) is 18.2 Å². The van der Waals surface area contributed by atoms with Crippen LogP contribution in [0.15, 0.2) is 24.4 Å². The van der Waals surface area contributed by atoms with Crippen LogP contribution in [0.5, 0.6) is 0 Å². The molecule has 2 aliphatic rings. The molecule has 7 heteroatoms. The molecule has 6 nitrogen and oxygen atoms in total. The molecular weight excluding hydrogens is 312 g/mol. The van der Waals surface area contributed by atoms with Crippen LogP contribution in [-0.4, -0.2) is 70.3 Å². The van der Waals surface area contributed by atoms with E-state index in [1.165, 1.54) is 0 Å². The van der Waals surface area contributed by atoms with Gasteiger partial charge in [-0.15, -0.1) is 0 Å². The smallest absolute Gasteiger partial charge is 0.237 e. The minimum Gasteiger partial charge on any atom is -0.353 e. The third-order valence-electron chi connectivity index (χ3n) is 4.26. The number of nitrogens with zero attached hydrogens (tertiary/aromatic N) is 3. The van der Waals surface area contributed by atoms with Gasteiger partial charge in [0.05, 0.1) is 18.2 Å². The molecule has 1 N–H and O–H groups in total. The molecule has 23 heavy (non-hydrogen) atoms. The van der Waals surface area contributed by atoms with Gasteiger partial charge in [0.25, 0.3) is 0 Å². The lowest BCUT2D eigenvalue weighted by molar-refractivity contribution is -0.138. The van der Waals surface area contributed by atoms with E-state index in [2.05, 4.69) is 15.2 Å². The molecular formula is C16H22N4O2S.